The van der Waals surface area contributed by atoms with Gasteiger partial charge in [-0.15, -0.1) is 0 Å². The number of aliphatic hydroxyl groups excluding tert-OH is 1. The van der Waals surface area contributed by atoms with Crippen molar-refractivity contribution in [3.05, 3.63) is 76.9 Å². The molecule has 0 fully saturated rings. The van der Waals surface area contributed by atoms with Gasteiger partial charge in [0.15, 0.2) is 5.78 Å². The van der Waals surface area contributed by atoms with Crippen molar-refractivity contribution in [2.24, 2.45) is 0 Å². The normalized spacial score (nSPS) is 11.5. The van der Waals surface area contributed by atoms with Gasteiger partial charge in [-0.05, 0) is 36.8 Å². The average molecular weight is 336 g/mol. The number of hydrogen-bond donors (Lipinski definition) is 1. The van der Waals surface area contributed by atoms with Crippen molar-refractivity contribution in [2.45, 2.75) is 52.4 Å². The maximum atomic E-state index is 12.3. The summed E-state index contributed by atoms with van der Waals surface area (Å²) in [7, 11) is 0. The first-order valence-corrected chi connectivity index (χ1v) is 9.27. The Hall–Kier alpha value is -2.35. The highest BCUT2D eigenvalue weighted by atomic mass is 16.3. The molecule has 2 aromatic carbocycles. The van der Waals surface area contributed by atoms with E-state index in [-0.39, 0.29) is 11.5 Å². The maximum absolute atomic E-state index is 12.3. The highest BCUT2D eigenvalue weighted by Crippen LogP contribution is 2.16. The van der Waals surface area contributed by atoms with Crippen LogP contribution in [0.2, 0.25) is 0 Å². The van der Waals surface area contributed by atoms with Gasteiger partial charge in [0.2, 0.25) is 0 Å². The first kappa shape index (κ1) is 19.0. The van der Waals surface area contributed by atoms with Crippen LogP contribution in [0.25, 0.3) is 5.76 Å². The maximum Gasteiger partial charge on any atom is 0.189 e. The third-order valence-corrected chi connectivity index (χ3v) is 4.39. The summed E-state index contributed by atoms with van der Waals surface area (Å²) in [5.41, 5.74) is 3.78. The Kier molecular flexibility index (Phi) is 7.46. The molecule has 2 aromatic rings. The molecule has 0 saturated carbocycles. The number of carbonyl (C=O) groups is 1. The summed E-state index contributed by atoms with van der Waals surface area (Å²) < 4.78 is 0. The van der Waals surface area contributed by atoms with Crippen LogP contribution in [0.5, 0.6) is 0 Å². The van der Waals surface area contributed by atoms with Gasteiger partial charge in [0.25, 0.3) is 0 Å². The summed E-state index contributed by atoms with van der Waals surface area (Å²) in [6.07, 6.45) is 8.03. The molecule has 0 spiro atoms. The second-order valence-corrected chi connectivity index (χ2v) is 6.49. The van der Waals surface area contributed by atoms with Crippen molar-refractivity contribution in [2.75, 3.05) is 0 Å². The van der Waals surface area contributed by atoms with Crippen LogP contribution < -0.4 is 0 Å². The average Bonchev–Trinajstić information content (AvgIpc) is 2.65. The molecular formula is C23H28O2. The van der Waals surface area contributed by atoms with E-state index < -0.39 is 0 Å². The van der Waals surface area contributed by atoms with Crippen molar-refractivity contribution in [1.82, 2.24) is 0 Å². The highest BCUT2D eigenvalue weighted by Gasteiger charge is 2.07. The Bertz CT molecular complexity index is 694. The Morgan fingerprint density at radius 1 is 0.800 bits per heavy atom. The van der Waals surface area contributed by atoms with Crippen molar-refractivity contribution < 1.29 is 9.90 Å². The van der Waals surface area contributed by atoms with Crippen LogP contribution in [-0.4, -0.2) is 10.9 Å². The lowest BCUT2D eigenvalue weighted by molar-refractivity contribution is 0.104. The molecule has 0 aliphatic carbocycles. The summed E-state index contributed by atoms with van der Waals surface area (Å²) in [6, 6.07) is 15.4. The molecule has 2 nitrogen and oxygen atoms in total. The van der Waals surface area contributed by atoms with Crippen molar-refractivity contribution in [3.63, 3.8) is 0 Å². The number of benzene rings is 2. The summed E-state index contributed by atoms with van der Waals surface area (Å²) in [5, 5.41) is 10.2. The van der Waals surface area contributed by atoms with Gasteiger partial charge in [0.05, 0.1) is 0 Å². The van der Waals surface area contributed by atoms with Gasteiger partial charge < -0.3 is 5.11 Å². The van der Waals surface area contributed by atoms with Crippen LogP contribution in [0.3, 0.4) is 0 Å². The lowest BCUT2D eigenvalue weighted by Gasteiger charge is -2.04. The van der Waals surface area contributed by atoms with E-state index in [9.17, 15) is 9.90 Å². The fourth-order valence-electron chi connectivity index (χ4n) is 2.73. The molecule has 0 aromatic heterocycles. The summed E-state index contributed by atoms with van der Waals surface area (Å²) in [4.78, 5) is 12.3. The number of aliphatic hydroxyl groups is 1. The predicted octanol–water partition coefficient (Wildman–Crippen LogP) is 6.15. The number of aryl methyl sites for hydroxylation is 2. The predicted molar refractivity (Wildman–Crippen MR) is 105 cm³/mol. The summed E-state index contributed by atoms with van der Waals surface area (Å²) in [5.74, 6) is -0.156. The topological polar surface area (TPSA) is 37.3 Å². The highest BCUT2D eigenvalue weighted by molar-refractivity contribution is 6.07. The molecule has 0 bridgehead atoms. The molecule has 0 unspecified atom stereocenters. The van der Waals surface area contributed by atoms with Gasteiger partial charge in [-0.3, -0.25) is 4.79 Å². The number of hydrogen-bond acceptors (Lipinski definition) is 2. The second-order valence-electron chi connectivity index (χ2n) is 6.49. The number of unbranched alkanes of at least 4 members (excludes halogenated alkanes) is 2. The Morgan fingerprint density at radius 2 is 1.24 bits per heavy atom. The zero-order valence-electron chi connectivity index (χ0n) is 15.3. The Balaban J connectivity index is 2.03. The van der Waals surface area contributed by atoms with Gasteiger partial charge in [-0.25, -0.2) is 0 Å². The molecule has 25 heavy (non-hydrogen) atoms. The summed E-state index contributed by atoms with van der Waals surface area (Å²) in [6.45, 7) is 4.34. The third kappa shape index (κ3) is 5.90. The van der Waals surface area contributed by atoms with E-state index in [0.717, 1.165) is 32.1 Å². The molecule has 0 aliphatic heterocycles. The van der Waals surface area contributed by atoms with Crippen LogP contribution in [0.4, 0.5) is 0 Å². The standard InChI is InChI=1S/C23H28O2/c1-3-5-7-18-9-13-20(14-10-18)22(24)17-23(25)21-15-11-19(12-16-21)8-6-4-2/h9-17,24H,3-8H2,1-2H3/b22-17-. The van der Waals surface area contributed by atoms with Gasteiger partial charge >= 0.3 is 0 Å². The monoisotopic (exact) mass is 336 g/mol. The Labute approximate surface area is 151 Å². The van der Waals surface area contributed by atoms with Crippen molar-refractivity contribution >= 4 is 11.5 Å². The van der Waals surface area contributed by atoms with Gasteiger partial charge in [-0.1, -0.05) is 75.2 Å². The molecule has 0 radical (unpaired) electrons. The van der Waals surface area contributed by atoms with E-state index in [1.807, 2.05) is 48.5 Å². The van der Waals surface area contributed by atoms with Crippen LogP contribution >= 0.6 is 0 Å². The summed E-state index contributed by atoms with van der Waals surface area (Å²) >= 11 is 0. The third-order valence-electron chi connectivity index (χ3n) is 4.39. The van der Waals surface area contributed by atoms with Crippen molar-refractivity contribution in [3.8, 4) is 0 Å². The van der Waals surface area contributed by atoms with Crippen molar-refractivity contribution in [1.29, 1.82) is 0 Å². The first-order chi connectivity index (χ1) is 12.1. The fraction of sp³-hybridized carbons (Fsp3) is 0.348. The van der Waals surface area contributed by atoms with Gasteiger partial charge in [0.1, 0.15) is 5.76 Å². The van der Waals surface area contributed by atoms with E-state index in [4.69, 9.17) is 0 Å². The van der Waals surface area contributed by atoms with E-state index in [0.29, 0.717) is 11.1 Å². The molecule has 0 atom stereocenters. The SMILES string of the molecule is CCCCc1ccc(C(=O)/C=C(\O)c2ccc(CCCC)cc2)cc1. The fourth-order valence-corrected chi connectivity index (χ4v) is 2.73. The quantitative estimate of drug-likeness (QED) is 0.338. The molecule has 0 saturated heterocycles. The molecular weight excluding hydrogens is 308 g/mol. The van der Waals surface area contributed by atoms with Crippen LogP contribution in [-0.2, 0) is 12.8 Å². The van der Waals surface area contributed by atoms with E-state index in [1.165, 1.54) is 23.6 Å². The number of carbonyl (C=O) groups excluding carboxylic acids is 1. The molecule has 0 aliphatic rings. The first-order valence-electron chi connectivity index (χ1n) is 9.27. The zero-order valence-corrected chi connectivity index (χ0v) is 15.3. The number of ketones is 1. The lowest BCUT2D eigenvalue weighted by atomic mass is 10.0. The van der Waals surface area contributed by atoms with Crippen LogP contribution in [0.1, 0.15) is 66.6 Å². The zero-order chi connectivity index (χ0) is 18.1. The minimum Gasteiger partial charge on any atom is -0.507 e. The smallest absolute Gasteiger partial charge is 0.189 e. The molecule has 0 amide bonds. The number of rotatable bonds is 9. The van der Waals surface area contributed by atoms with E-state index in [1.54, 1.807) is 0 Å². The minimum atomic E-state index is -0.172. The number of allylic oxidation sites excluding steroid dienone is 1. The Morgan fingerprint density at radius 3 is 1.68 bits per heavy atom. The molecule has 132 valence electrons. The van der Waals surface area contributed by atoms with Crippen LogP contribution in [0, 0.1) is 0 Å². The molecule has 2 heteroatoms. The van der Waals surface area contributed by atoms with E-state index >= 15 is 0 Å². The molecule has 1 N–H and O–H groups in total. The lowest BCUT2D eigenvalue weighted by Crippen LogP contribution is -1.97. The minimum absolute atomic E-state index is 0.0158. The molecule has 2 rings (SSSR count). The van der Waals surface area contributed by atoms with E-state index in [2.05, 4.69) is 13.8 Å². The largest absolute Gasteiger partial charge is 0.507 e. The van der Waals surface area contributed by atoms with Crippen LogP contribution in [0.15, 0.2) is 54.6 Å². The van der Waals surface area contributed by atoms with Gasteiger partial charge in [-0.2, -0.15) is 0 Å². The molecule has 0 heterocycles. The van der Waals surface area contributed by atoms with Gasteiger partial charge in [0, 0.05) is 17.2 Å². The second kappa shape index (κ2) is 9.83.